The van der Waals surface area contributed by atoms with Gasteiger partial charge in [-0.3, -0.25) is 14.9 Å². The number of rotatable bonds is 8. The fraction of sp³-hybridized carbons (Fsp3) is 0.154. The number of ether oxygens (including phenoxy) is 2. The summed E-state index contributed by atoms with van der Waals surface area (Å²) in [4.78, 5) is 41.1. The molecule has 36 heavy (non-hydrogen) atoms. The van der Waals surface area contributed by atoms with Gasteiger partial charge in [-0.1, -0.05) is 48.5 Å². The third-order valence-corrected chi connectivity index (χ3v) is 5.23. The van der Waals surface area contributed by atoms with Gasteiger partial charge in [0.25, 0.3) is 5.56 Å². The highest BCUT2D eigenvalue weighted by atomic mass is 16.6. The Kier molecular flexibility index (Phi) is 7.15. The van der Waals surface area contributed by atoms with Crippen molar-refractivity contribution in [3.05, 3.63) is 98.8 Å². The quantitative estimate of drug-likeness (QED) is 0.158. The molecule has 1 atom stereocenters. The molecular weight excluding hydrogens is 464 g/mol. The second-order valence-corrected chi connectivity index (χ2v) is 7.64. The number of fused-ring (bicyclic) bond motifs is 1. The highest BCUT2D eigenvalue weighted by Gasteiger charge is 2.24. The second-order valence-electron chi connectivity index (χ2n) is 7.64. The van der Waals surface area contributed by atoms with Crippen LogP contribution in [0, 0.1) is 10.1 Å². The van der Waals surface area contributed by atoms with Crippen LogP contribution in [0.15, 0.2) is 82.7 Å². The topological polar surface area (TPSA) is 126 Å². The Bertz CT molecular complexity index is 1510. The summed E-state index contributed by atoms with van der Waals surface area (Å²) in [7, 11) is 0. The summed E-state index contributed by atoms with van der Waals surface area (Å²) < 4.78 is 11.7. The first-order valence-electron chi connectivity index (χ1n) is 11.1. The third-order valence-electron chi connectivity index (χ3n) is 5.23. The van der Waals surface area contributed by atoms with E-state index in [-0.39, 0.29) is 23.6 Å². The smallest absolute Gasteiger partial charge is 0.347 e. The number of para-hydroxylation sites is 2. The lowest BCUT2D eigenvalue weighted by Gasteiger charge is -2.15. The monoisotopic (exact) mass is 486 g/mol. The van der Waals surface area contributed by atoms with Gasteiger partial charge in [0.2, 0.25) is 5.75 Å². The van der Waals surface area contributed by atoms with E-state index in [0.29, 0.717) is 22.3 Å². The highest BCUT2D eigenvalue weighted by molar-refractivity contribution is 5.87. The van der Waals surface area contributed by atoms with Gasteiger partial charge in [-0.15, -0.1) is 0 Å². The first kappa shape index (κ1) is 24.3. The van der Waals surface area contributed by atoms with Crippen molar-refractivity contribution in [3.63, 3.8) is 0 Å². The number of hydrogen-bond acceptors (Lipinski definition) is 8. The molecule has 10 nitrogen and oxygen atoms in total. The molecule has 182 valence electrons. The zero-order valence-electron chi connectivity index (χ0n) is 19.5. The summed E-state index contributed by atoms with van der Waals surface area (Å²) in [5, 5.41) is 16.4. The van der Waals surface area contributed by atoms with Gasteiger partial charge < -0.3 is 9.47 Å². The molecule has 10 heteroatoms. The molecular formula is C26H22N4O6. The van der Waals surface area contributed by atoms with Crippen molar-refractivity contribution in [2.45, 2.75) is 20.0 Å². The molecule has 0 saturated heterocycles. The second kappa shape index (κ2) is 10.6. The van der Waals surface area contributed by atoms with Crippen LogP contribution in [0.5, 0.6) is 5.75 Å². The lowest BCUT2D eigenvalue weighted by atomic mass is 10.2. The van der Waals surface area contributed by atoms with Crippen LogP contribution < -0.4 is 10.3 Å². The Hall–Kier alpha value is -4.86. The van der Waals surface area contributed by atoms with Crippen molar-refractivity contribution in [3.8, 4) is 17.1 Å². The van der Waals surface area contributed by atoms with E-state index in [9.17, 15) is 19.7 Å². The Balaban J connectivity index is 1.85. The van der Waals surface area contributed by atoms with Crippen LogP contribution in [0.4, 0.5) is 5.69 Å². The van der Waals surface area contributed by atoms with Crippen molar-refractivity contribution in [1.82, 2.24) is 9.66 Å². The van der Waals surface area contributed by atoms with Gasteiger partial charge in [-0.05, 0) is 32.0 Å². The maximum absolute atomic E-state index is 13.4. The summed E-state index contributed by atoms with van der Waals surface area (Å²) in [5.74, 6) is -0.543. The van der Waals surface area contributed by atoms with E-state index in [2.05, 4.69) is 10.1 Å². The Morgan fingerprint density at radius 2 is 1.83 bits per heavy atom. The van der Waals surface area contributed by atoms with Gasteiger partial charge in [0.15, 0.2) is 11.9 Å². The number of nitro groups is 1. The average molecular weight is 486 g/mol. The molecule has 0 unspecified atom stereocenters. The first-order valence-corrected chi connectivity index (χ1v) is 11.1. The van der Waals surface area contributed by atoms with Gasteiger partial charge in [-0.2, -0.15) is 9.78 Å². The molecule has 0 spiro atoms. The summed E-state index contributed by atoms with van der Waals surface area (Å²) in [6.07, 6.45) is 0.160. The maximum atomic E-state index is 13.4. The van der Waals surface area contributed by atoms with E-state index in [1.165, 1.54) is 31.3 Å². The zero-order chi connectivity index (χ0) is 25.7. The fourth-order valence-corrected chi connectivity index (χ4v) is 3.53. The number of carbonyl (C=O) groups is 1. The number of carbonyl (C=O) groups excluding carboxylic acids is 1. The van der Waals surface area contributed by atoms with Crippen molar-refractivity contribution < 1.29 is 19.2 Å². The number of nitrogens with zero attached hydrogens (tertiary/aromatic N) is 4. The molecule has 0 aliphatic rings. The van der Waals surface area contributed by atoms with E-state index in [1.54, 1.807) is 43.3 Å². The summed E-state index contributed by atoms with van der Waals surface area (Å²) in [6.45, 7) is 3.21. The van der Waals surface area contributed by atoms with E-state index in [0.717, 1.165) is 4.68 Å². The van der Waals surface area contributed by atoms with Crippen molar-refractivity contribution >= 4 is 28.8 Å². The highest BCUT2D eigenvalue weighted by Crippen LogP contribution is 2.31. The van der Waals surface area contributed by atoms with E-state index in [4.69, 9.17) is 9.47 Å². The molecule has 1 heterocycles. The van der Waals surface area contributed by atoms with Crippen LogP contribution in [0.1, 0.15) is 19.4 Å². The molecule has 1 aromatic heterocycles. The molecule has 0 aliphatic carbocycles. The SMILES string of the molecule is CCOC(=O)[C@@H](C)Oc1c(C=Nn2c(-c3ccccc3)nc3ccccc3c2=O)cccc1[N+](=O)[O-]. The first-order chi connectivity index (χ1) is 17.4. The predicted octanol–water partition coefficient (Wildman–Crippen LogP) is 4.18. The largest absolute Gasteiger partial charge is 0.471 e. The molecule has 3 aromatic carbocycles. The van der Waals surface area contributed by atoms with Crippen LogP contribution in [0.25, 0.3) is 22.3 Å². The minimum atomic E-state index is -1.11. The average Bonchev–Trinajstić information content (AvgIpc) is 2.89. The van der Waals surface area contributed by atoms with Crippen molar-refractivity contribution in [2.24, 2.45) is 5.10 Å². The summed E-state index contributed by atoms with van der Waals surface area (Å²) in [6, 6.07) is 20.2. The van der Waals surface area contributed by atoms with Gasteiger partial charge in [-0.25, -0.2) is 9.78 Å². The minimum absolute atomic E-state index is 0.137. The summed E-state index contributed by atoms with van der Waals surface area (Å²) >= 11 is 0. The number of hydrogen-bond donors (Lipinski definition) is 0. The Morgan fingerprint density at radius 3 is 2.56 bits per heavy atom. The number of esters is 1. The number of aromatic nitrogens is 2. The molecule has 0 aliphatic heterocycles. The maximum Gasteiger partial charge on any atom is 0.347 e. The van der Waals surface area contributed by atoms with Crippen LogP contribution in [0.3, 0.4) is 0 Å². The fourth-order valence-electron chi connectivity index (χ4n) is 3.53. The molecule has 4 rings (SSSR count). The Labute approximate surface area is 205 Å². The molecule has 0 amide bonds. The third kappa shape index (κ3) is 4.97. The lowest BCUT2D eigenvalue weighted by molar-refractivity contribution is -0.386. The standard InChI is InChI=1S/C26H22N4O6/c1-3-35-26(32)17(2)36-23-19(12-9-15-22(23)30(33)34)16-27-29-24(18-10-5-4-6-11-18)28-21-14-8-7-13-20(21)25(29)31/h4-17H,3H2,1-2H3/t17-/m1/s1. The van der Waals surface area contributed by atoms with Gasteiger partial charge in [0.05, 0.1) is 28.6 Å². The minimum Gasteiger partial charge on any atom is -0.471 e. The van der Waals surface area contributed by atoms with Crippen LogP contribution in [-0.2, 0) is 9.53 Å². The van der Waals surface area contributed by atoms with Crippen LogP contribution in [-0.4, -0.2) is 39.5 Å². The Morgan fingerprint density at radius 1 is 1.11 bits per heavy atom. The van der Waals surface area contributed by atoms with Gasteiger partial charge in [0, 0.05) is 17.2 Å². The summed E-state index contributed by atoms with van der Waals surface area (Å²) in [5.41, 5.74) is 0.588. The van der Waals surface area contributed by atoms with Gasteiger partial charge in [0.1, 0.15) is 0 Å². The van der Waals surface area contributed by atoms with Crippen LogP contribution >= 0.6 is 0 Å². The molecule has 4 aromatic rings. The molecule has 0 N–H and O–H groups in total. The zero-order valence-corrected chi connectivity index (χ0v) is 19.5. The molecule has 0 bridgehead atoms. The molecule has 0 radical (unpaired) electrons. The van der Waals surface area contributed by atoms with E-state index < -0.39 is 22.6 Å². The van der Waals surface area contributed by atoms with Gasteiger partial charge >= 0.3 is 11.7 Å². The van der Waals surface area contributed by atoms with E-state index in [1.807, 2.05) is 18.2 Å². The van der Waals surface area contributed by atoms with E-state index >= 15 is 0 Å². The number of benzene rings is 3. The molecule has 0 saturated carbocycles. The predicted molar refractivity (Wildman–Crippen MR) is 134 cm³/mol. The van der Waals surface area contributed by atoms with Crippen LogP contribution in [0.2, 0.25) is 0 Å². The van der Waals surface area contributed by atoms with Crippen molar-refractivity contribution in [2.75, 3.05) is 6.61 Å². The van der Waals surface area contributed by atoms with Crippen molar-refractivity contribution in [1.29, 1.82) is 0 Å². The number of nitro benzene ring substituents is 1. The normalized spacial score (nSPS) is 11.9. The lowest BCUT2D eigenvalue weighted by Crippen LogP contribution is -2.27. The molecule has 0 fully saturated rings.